The SMILES string of the molecule is O=C(O)c1ccc(C(=O)Nc2ccc(F)c(Br)c2)o1. The van der Waals surface area contributed by atoms with Gasteiger partial charge in [-0.25, -0.2) is 9.18 Å². The summed E-state index contributed by atoms with van der Waals surface area (Å²) >= 11 is 2.99. The Morgan fingerprint density at radius 3 is 2.47 bits per heavy atom. The first-order chi connectivity index (χ1) is 8.97. The highest BCUT2D eigenvalue weighted by atomic mass is 79.9. The molecule has 0 spiro atoms. The summed E-state index contributed by atoms with van der Waals surface area (Å²) in [6.45, 7) is 0. The standard InChI is InChI=1S/C12H7BrFNO4/c13-7-5-6(1-2-8(7)14)15-11(16)9-3-4-10(19-9)12(17)18/h1-5H,(H,15,16)(H,17,18). The van der Waals surface area contributed by atoms with E-state index in [1.54, 1.807) is 0 Å². The average Bonchev–Trinajstić information content (AvgIpc) is 2.83. The van der Waals surface area contributed by atoms with Crippen molar-refractivity contribution in [2.45, 2.75) is 0 Å². The van der Waals surface area contributed by atoms with Gasteiger partial charge in [-0.3, -0.25) is 4.79 Å². The molecule has 0 atom stereocenters. The van der Waals surface area contributed by atoms with Crippen LogP contribution >= 0.6 is 15.9 Å². The van der Waals surface area contributed by atoms with Gasteiger partial charge in [-0.1, -0.05) is 0 Å². The minimum Gasteiger partial charge on any atom is -0.475 e. The molecule has 1 aromatic heterocycles. The van der Waals surface area contributed by atoms with Gasteiger partial charge in [-0.15, -0.1) is 0 Å². The van der Waals surface area contributed by atoms with E-state index >= 15 is 0 Å². The van der Waals surface area contributed by atoms with Gasteiger partial charge in [-0.2, -0.15) is 0 Å². The number of nitrogens with one attached hydrogen (secondary N) is 1. The van der Waals surface area contributed by atoms with Crippen LogP contribution in [0.4, 0.5) is 10.1 Å². The first-order valence-electron chi connectivity index (χ1n) is 5.07. The molecular weight excluding hydrogens is 321 g/mol. The Bertz CT molecular complexity index is 653. The Kier molecular flexibility index (Phi) is 3.66. The Labute approximate surface area is 115 Å². The van der Waals surface area contributed by atoms with E-state index < -0.39 is 17.7 Å². The smallest absolute Gasteiger partial charge is 0.371 e. The van der Waals surface area contributed by atoms with Crippen LogP contribution in [0.5, 0.6) is 0 Å². The van der Waals surface area contributed by atoms with Gasteiger partial charge in [0.25, 0.3) is 5.91 Å². The van der Waals surface area contributed by atoms with Crippen molar-refractivity contribution >= 4 is 33.5 Å². The average molecular weight is 328 g/mol. The third-order valence-electron chi connectivity index (χ3n) is 2.22. The quantitative estimate of drug-likeness (QED) is 0.907. The predicted octanol–water partition coefficient (Wildman–Crippen LogP) is 3.13. The van der Waals surface area contributed by atoms with E-state index in [2.05, 4.69) is 21.2 Å². The molecule has 0 aliphatic heterocycles. The molecule has 0 saturated carbocycles. The maximum Gasteiger partial charge on any atom is 0.371 e. The van der Waals surface area contributed by atoms with Crippen LogP contribution in [-0.4, -0.2) is 17.0 Å². The van der Waals surface area contributed by atoms with Gasteiger partial charge < -0.3 is 14.8 Å². The Balaban J connectivity index is 2.15. The fraction of sp³-hybridized carbons (Fsp3) is 0. The van der Waals surface area contributed by atoms with E-state index in [1.165, 1.54) is 30.3 Å². The predicted molar refractivity (Wildman–Crippen MR) is 67.7 cm³/mol. The van der Waals surface area contributed by atoms with Gasteiger partial charge in [0.05, 0.1) is 4.47 Å². The lowest BCUT2D eigenvalue weighted by atomic mass is 10.3. The highest BCUT2D eigenvalue weighted by Crippen LogP contribution is 2.20. The monoisotopic (exact) mass is 327 g/mol. The fourth-order valence-electron chi connectivity index (χ4n) is 1.34. The van der Waals surface area contributed by atoms with E-state index in [1.807, 2.05) is 0 Å². The largest absolute Gasteiger partial charge is 0.475 e. The number of carboxylic acid groups (broad SMARTS) is 1. The molecule has 0 bridgehead atoms. The first kappa shape index (κ1) is 13.3. The molecular formula is C12H7BrFNO4. The molecule has 0 radical (unpaired) electrons. The summed E-state index contributed by atoms with van der Waals surface area (Å²) in [5, 5.41) is 11.1. The topological polar surface area (TPSA) is 79.5 Å². The number of carbonyl (C=O) groups excluding carboxylic acids is 1. The number of halogens is 2. The number of hydrogen-bond acceptors (Lipinski definition) is 3. The molecule has 7 heteroatoms. The third kappa shape index (κ3) is 3.00. The fourth-order valence-corrected chi connectivity index (χ4v) is 1.72. The molecule has 19 heavy (non-hydrogen) atoms. The normalized spacial score (nSPS) is 10.2. The zero-order chi connectivity index (χ0) is 14.0. The maximum atomic E-state index is 13.0. The lowest BCUT2D eigenvalue weighted by Crippen LogP contribution is -2.11. The summed E-state index contributed by atoms with van der Waals surface area (Å²) in [5.74, 6) is -2.80. The Morgan fingerprint density at radius 1 is 1.21 bits per heavy atom. The van der Waals surface area contributed by atoms with Crippen molar-refractivity contribution in [2.24, 2.45) is 0 Å². The van der Waals surface area contributed by atoms with E-state index in [0.29, 0.717) is 5.69 Å². The second-order valence-electron chi connectivity index (χ2n) is 3.55. The van der Waals surface area contributed by atoms with Crippen LogP contribution in [0.25, 0.3) is 0 Å². The van der Waals surface area contributed by atoms with Crippen LogP contribution < -0.4 is 5.32 Å². The van der Waals surface area contributed by atoms with Gasteiger partial charge in [0.2, 0.25) is 5.76 Å². The summed E-state index contributed by atoms with van der Waals surface area (Å²) in [7, 11) is 0. The molecule has 0 saturated heterocycles. The number of furan rings is 1. The zero-order valence-corrected chi connectivity index (χ0v) is 10.9. The molecule has 1 amide bonds. The minimum absolute atomic E-state index is 0.141. The molecule has 2 N–H and O–H groups in total. The molecule has 2 aromatic rings. The molecule has 5 nitrogen and oxygen atoms in total. The van der Waals surface area contributed by atoms with Crippen LogP contribution in [0.2, 0.25) is 0 Å². The van der Waals surface area contributed by atoms with E-state index in [9.17, 15) is 14.0 Å². The van der Waals surface area contributed by atoms with Crippen molar-refractivity contribution in [2.75, 3.05) is 5.32 Å². The number of benzene rings is 1. The van der Waals surface area contributed by atoms with Crippen molar-refractivity contribution in [3.63, 3.8) is 0 Å². The Hall–Kier alpha value is -2.15. The van der Waals surface area contributed by atoms with Crippen molar-refractivity contribution in [1.82, 2.24) is 0 Å². The number of aromatic carboxylic acids is 1. The highest BCUT2D eigenvalue weighted by Gasteiger charge is 2.15. The van der Waals surface area contributed by atoms with Gasteiger partial charge in [0, 0.05) is 5.69 Å². The van der Waals surface area contributed by atoms with Crippen LogP contribution in [-0.2, 0) is 0 Å². The van der Waals surface area contributed by atoms with Crippen LogP contribution in [0.3, 0.4) is 0 Å². The molecule has 0 aliphatic carbocycles. The summed E-state index contributed by atoms with van der Waals surface area (Å²) < 4.78 is 18.0. The number of rotatable bonds is 3. The number of amides is 1. The van der Waals surface area contributed by atoms with Gasteiger partial charge in [0.15, 0.2) is 5.76 Å². The van der Waals surface area contributed by atoms with Crippen molar-refractivity contribution in [1.29, 1.82) is 0 Å². The molecule has 2 rings (SSSR count). The summed E-state index contributed by atoms with van der Waals surface area (Å²) in [4.78, 5) is 22.3. The van der Waals surface area contributed by atoms with Crippen molar-refractivity contribution in [3.05, 3.63) is 52.1 Å². The van der Waals surface area contributed by atoms with Crippen molar-refractivity contribution in [3.8, 4) is 0 Å². The number of carboxylic acids is 1. The lowest BCUT2D eigenvalue weighted by molar-refractivity contribution is 0.0660. The number of hydrogen-bond donors (Lipinski definition) is 2. The molecule has 0 unspecified atom stereocenters. The van der Waals surface area contributed by atoms with Gasteiger partial charge in [0.1, 0.15) is 5.82 Å². The van der Waals surface area contributed by atoms with Crippen LogP contribution in [0.1, 0.15) is 21.1 Å². The maximum absolute atomic E-state index is 13.0. The van der Waals surface area contributed by atoms with E-state index in [0.717, 1.165) is 0 Å². The van der Waals surface area contributed by atoms with Gasteiger partial charge in [-0.05, 0) is 46.3 Å². The highest BCUT2D eigenvalue weighted by molar-refractivity contribution is 9.10. The minimum atomic E-state index is -1.26. The second kappa shape index (κ2) is 5.23. The number of carbonyl (C=O) groups is 2. The van der Waals surface area contributed by atoms with Crippen LogP contribution in [0.15, 0.2) is 39.2 Å². The van der Waals surface area contributed by atoms with Crippen LogP contribution in [0, 0.1) is 5.82 Å². The summed E-state index contributed by atoms with van der Waals surface area (Å²) in [6.07, 6.45) is 0. The van der Waals surface area contributed by atoms with E-state index in [-0.39, 0.29) is 16.0 Å². The zero-order valence-electron chi connectivity index (χ0n) is 9.31. The molecule has 98 valence electrons. The molecule has 0 aliphatic rings. The van der Waals surface area contributed by atoms with Gasteiger partial charge >= 0.3 is 5.97 Å². The molecule has 1 heterocycles. The van der Waals surface area contributed by atoms with Crippen molar-refractivity contribution < 1.29 is 23.5 Å². The number of anilines is 1. The van der Waals surface area contributed by atoms with E-state index in [4.69, 9.17) is 9.52 Å². The molecule has 0 fully saturated rings. The third-order valence-corrected chi connectivity index (χ3v) is 2.83. The first-order valence-corrected chi connectivity index (χ1v) is 5.86. The summed E-state index contributed by atoms with van der Waals surface area (Å²) in [6, 6.07) is 6.37. The lowest BCUT2D eigenvalue weighted by Gasteiger charge is -2.04. The summed E-state index contributed by atoms with van der Waals surface area (Å²) in [5.41, 5.74) is 0.353. The molecule has 1 aromatic carbocycles. The Morgan fingerprint density at radius 2 is 1.89 bits per heavy atom. The second-order valence-corrected chi connectivity index (χ2v) is 4.41.